The van der Waals surface area contributed by atoms with Crippen molar-refractivity contribution in [1.82, 2.24) is 15.1 Å². The molecule has 2 heterocycles. The maximum atomic E-state index is 9.82. The fourth-order valence-electron chi connectivity index (χ4n) is 5.55. The zero-order chi connectivity index (χ0) is 25.9. The number of ether oxygens (including phenoxy) is 3. The Balaban J connectivity index is 1.29. The molecule has 1 aliphatic carbocycles. The molecule has 2 fully saturated rings. The Morgan fingerprint density at radius 3 is 2.57 bits per heavy atom. The van der Waals surface area contributed by atoms with Gasteiger partial charge in [-0.05, 0) is 55.5 Å². The van der Waals surface area contributed by atoms with Crippen molar-refractivity contribution in [3.63, 3.8) is 0 Å². The second kappa shape index (κ2) is 14.5. The van der Waals surface area contributed by atoms with Gasteiger partial charge in [0, 0.05) is 51.7 Å². The minimum atomic E-state index is -0.773. The number of hydrogen-bond acceptors (Lipinski definition) is 7. The van der Waals surface area contributed by atoms with Crippen LogP contribution in [0.4, 0.5) is 0 Å². The maximum absolute atomic E-state index is 9.82. The van der Waals surface area contributed by atoms with Gasteiger partial charge in [0.15, 0.2) is 5.79 Å². The number of morpholine rings is 1. The van der Waals surface area contributed by atoms with Crippen LogP contribution >= 0.6 is 0 Å². The summed E-state index contributed by atoms with van der Waals surface area (Å²) in [4.78, 5) is 4.77. The van der Waals surface area contributed by atoms with Crippen molar-refractivity contribution in [1.29, 1.82) is 0 Å². The molecular weight excluding hydrogens is 466 g/mol. The minimum Gasteiger partial charge on any atom is -0.392 e. The van der Waals surface area contributed by atoms with E-state index in [4.69, 9.17) is 14.2 Å². The summed E-state index contributed by atoms with van der Waals surface area (Å²) in [5.41, 5.74) is 3.78. The maximum Gasteiger partial charge on any atom is 0.194 e. The lowest BCUT2D eigenvalue weighted by Gasteiger charge is -2.40. The molecule has 1 aromatic rings. The number of aliphatic hydroxyl groups excluding tert-OH is 1. The van der Waals surface area contributed by atoms with E-state index in [2.05, 4.69) is 71.5 Å². The van der Waals surface area contributed by atoms with Crippen LogP contribution in [0, 0.1) is 12.8 Å². The first-order valence-electron chi connectivity index (χ1n) is 14.2. The highest BCUT2D eigenvalue weighted by Crippen LogP contribution is 2.40. The Morgan fingerprint density at radius 2 is 1.81 bits per heavy atom. The fraction of sp³-hybridized carbons (Fsp3) is 0.667. The van der Waals surface area contributed by atoms with E-state index < -0.39 is 5.79 Å². The van der Waals surface area contributed by atoms with Crippen molar-refractivity contribution >= 4 is 5.57 Å². The lowest BCUT2D eigenvalue weighted by Crippen LogP contribution is -2.44. The van der Waals surface area contributed by atoms with Crippen LogP contribution in [0.5, 0.6) is 0 Å². The van der Waals surface area contributed by atoms with Gasteiger partial charge >= 0.3 is 0 Å². The topological polar surface area (TPSA) is 66.4 Å². The van der Waals surface area contributed by atoms with Crippen molar-refractivity contribution in [2.24, 2.45) is 5.92 Å². The number of hydrogen-bond donors (Lipinski definition) is 2. The summed E-state index contributed by atoms with van der Waals surface area (Å²) in [6.07, 6.45) is 8.95. The predicted octanol–water partition coefficient (Wildman–Crippen LogP) is 3.08. The summed E-state index contributed by atoms with van der Waals surface area (Å²) in [6, 6.07) is 8.55. The minimum absolute atomic E-state index is 0.0708. The van der Waals surface area contributed by atoms with Gasteiger partial charge < -0.3 is 29.5 Å². The molecule has 0 radical (unpaired) electrons. The van der Waals surface area contributed by atoms with E-state index in [0.717, 1.165) is 84.8 Å². The Morgan fingerprint density at radius 1 is 1.03 bits per heavy atom. The number of nitrogens with zero attached hydrogens (tertiary/aromatic N) is 2. The first-order valence-corrected chi connectivity index (χ1v) is 14.2. The zero-order valence-corrected chi connectivity index (χ0v) is 22.9. The lowest BCUT2D eigenvalue weighted by atomic mass is 9.82. The number of aryl methyl sites for hydroxylation is 1. The summed E-state index contributed by atoms with van der Waals surface area (Å²) in [6.45, 7) is 15.1. The highest BCUT2D eigenvalue weighted by atomic mass is 16.7. The Kier molecular flexibility index (Phi) is 11.2. The second-order valence-corrected chi connectivity index (χ2v) is 10.6. The first-order chi connectivity index (χ1) is 18.1. The van der Waals surface area contributed by atoms with E-state index in [1.54, 1.807) is 0 Å². The van der Waals surface area contributed by atoms with Crippen LogP contribution in [0.15, 0.2) is 42.5 Å². The summed E-state index contributed by atoms with van der Waals surface area (Å²) < 4.78 is 18.6. The number of likely N-dealkylation sites (tertiary alicyclic amines) is 1. The molecule has 0 bridgehead atoms. The van der Waals surface area contributed by atoms with Gasteiger partial charge in [0.2, 0.25) is 0 Å². The summed E-state index contributed by atoms with van der Waals surface area (Å²) in [7, 11) is 0. The molecule has 206 valence electrons. The standard InChI is InChI=1S/C30H47N3O4/c1-25-8-3-4-9-28(25)29-10-5-12-30(26(29)2,37-21-7-15-33-16-11-27(34)24-33)36-20-6-13-31-14-17-32-18-22-35-23-19-32/h3-5,8-10,12,26-27,31,34H,6-7,11,13-24H2,1-2H3/t26?,27-,30?/m1/s1. The molecule has 7 nitrogen and oxygen atoms in total. The SMILES string of the molecule is Cc1ccccc1C1=CC=CC(OCCCNCCN2CCOCC2)(OCCCN2CC[C@@H](O)C2)C1C. The number of β-amino-alcohol motifs (C(OH)–C–C–N with tert-alkyl or cyclic N) is 1. The number of benzene rings is 1. The lowest BCUT2D eigenvalue weighted by molar-refractivity contribution is -0.223. The Bertz CT molecular complexity index is 885. The second-order valence-electron chi connectivity index (χ2n) is 10.6. The van der Waals surface area contributed by atoms with E-state index in [0.29, 0.717) is 13.2 Å². The molecule has 3 atom stereocenters. The van der Waals surface area contributed by atoms with Crippen molar-refractivity contribution in [3.05, 3.63) is 53.6 Å². The third kappa shape index (κ3) is 8.20. The molecule has 4 rings (SSSR count). The largest absolute Gasteiger partial charge is 0.392 e. The summed E-state index contributed by atoms with van der Waals surface area (Å²) in [5, 5.41) is 13.4. The highest BCUT2D eigenvalue weighted by molar-refractivity contribution is 5.73. The van der Waals surface area contributed by atoms with Crippen LogP contribution in [0.3, 0.4) is 0 Å². The van der Waals surface area contributed by atoms with Crippen LogP contribution in [0.1, 0.15) is 37.3 Å². The van der Waals surface area contributed by atoms with Gasteiger partial charge in [-0.2, -0.15) is 0 Å². The highest BCUT2D eigenvalue weighted by Gasteiger charge is 2.40. The number of rotatable bonds is 14. The summed E-state index contributed by atoms with van der Waals surface area (Å²) >= 11 is 0. The van der Waals surface area contributed by atoms with Gasteiger partial charge in [0.05, 0.1) is 32.5 Å². The summed E-state index contributed by atoms with van der Waals surface area (Å²) in [5.74, 6) is -0.702. The van der Waals surface area contributed by atoms with E-state index in [9.17, 15) is 5.11 Å². The number of allylic oxidation sites excluding steroid dienone is 2. The molecule has 37 heavy (non-hydrogen) atoms. The molecule has 1 aromatic carbocycles. The van der Waals surface area contributed by atoms with Gasteiger partial charge in [-0.15, -0.1) is 0 Å². The van der Waals surface area contributed by atoms with Crippen LogP contribution in [-0.4, -0.2) is 106 Å². The van der Waals surface area contributed by atoms with Gasteiger partial charge in [-0.3, -0.25) is 4.90 Å². The van der Waals surface area contributed by atoms with Gasteiger partial charge in [-0.25, -0.2) is 0 Å². The predicted molar refractivity (Wildman–Crippen MR) is 149 cm³/mol. The van der Waals surface area contributed by atoms with Crippen LogP contribution in [-0.2, 0) is 14.2 Å². The first kappa shape index (κ1) is 28.4. The smallest absolute Gasteiger partial charge is 0.194 e. The van der Waals surface area contributed by atoms with E-state index in [1.165, 1.54) is 16.7 Å². The Labute approximate surface area is 223 Å². The van der Waals surface area contributed by atoms with Crippen molar-refractivity contribution < 1.29 is 19.3 Å². The average molecular weight is 514 g/mol. The molecular formula is C30H47N3O4. The fourth-order valence-corrected chi connectivity index (χ4v) is 5.55. The monoisotopic (exact) mass is 513 g/mol. The molecule has 2 aliphatic heterocycles. The van der Waals surface area contributed by atoms with Crippen molar-refractivity contribution in [3.8, 4) is 0 Å². The third-order valence-electron chi connectivity index (χ3n) is 7.86. The van der Waals surface area contributed by atoms with E-state index in [-0.39, 0.29) is 12.0 Å². The molecule has 0 spiro atoms. The normalized spacial score (nSPS) is 27.1. The molecule has 2 N–H and O–H groups in total. The molecule has 2 unspecified atom stereocenters. The third-order valence-corrected chi connectivity index (χ3v) is 7.86. The molecule has 2 saturated heterocycles. The van der Waals surface area contributed by atoms with E-state index >= 15 is 0 Å². The molecule has 3 aliphatic rings. The molecule has 0 aromatic heterocycles. The quantitative estimate of drug-likeness (QED) is 0.293. The van der Waals surface area contributed by atoms with Gasteiger partial charge in [0.1, 0.15) is 0 Å². The molecule has 0 amide bonds. The zero-order valence-electron chi connectivity index (χ0n) is 22.9. The van der Waals surface area contributed by atoms with Crippen molar-refractivity contribution in [2.75, 3.05) is 78.8 Å². The van der Waals surface area contributed by atoms with Crippen LogP contribution in [0.25, 0.3) is 5.57 Å². The van der Waals surface area contributed by atoms with E-state index in [1.807, 2.05) is 0 Å². The Hall–Kier alpha value is -1.58. The molecule has 7 heteroatoms. The number of aliphatic hydroxyl groups is 1. The molecule has 0 saturated carbocycles. The van der Waals surface area contributed by atoms with Gasteiger partial charge in [0.25, 0.3) is 0 Å². The number of nitrogens with one attached hydrogen (secondary N) is 1. The van der Waals surface area contributed by atoms with Crippen molar-refractivity contribution in [2.45, 2.75) is 45.0 Å². The average Bonchev–Trinajstić information content (AvgIpc) is 3.33. The van der Waals surface area contributed by atoms with Gasteiger partial charge in [-0.1, -0.05) is 43.3 Å². The van der Waals surface area contributed by atoms with Crippen LogP contribution in [0.2, 0.25) is 0 Å². The van der Waals surface area contributed by atoms with Crippen LogP contribution < -0.4 is 5.32 Å².